The molecule has 176 valence electrons. The standard InChI is InChI=1S/C26H28N4O4/c1-13-14(2)33-25(31)17-8-9-21(30-23(13)17)29-22-10-18-19(11-27-22)24(34-16-6-7-16)28-12-20(18)26(3,32)15-4-5-15/h8-16,32H,4-7H2,1-3H3,(H,27,29,30)/t13-,14-,26-/m0/s1. The second-order valence-corrected chi connectivity index (χ2v) is 9.98. The third kappa shape index (κ3) is 3.66. The van der Waals surface area contributed by atoms with Crippen LogP contribution in [-0.2, 0) is 10.3 Å². The number of nitrogens with zero attached hydrogens (tertiary/aromatic N) is 3. The van der Waals surface area contributed by atoms with Crippen LogP contribution in [0.4, 0.5) is 11.6 Å². The van der Waals surface area contributed by atoms with E-state index in [0.29, 0.717) is 23.1 Å². The van der Waals surface area contributed by atoms with E-state index in [1.165, 1.54) is 0 Å². The summed E-state index contributed by atoms with van der Waals surface area (Å²) in [6, 6.07) is 5.42. The van der Waals surface area contributed by atoms with Gasteiger partial charge in [0.1, 0.15) is 23.8 Å². The number of cyclic esters (lactones) is 1. The zero-order valence-electron chi connectivity index (χ0n) is 19.5. The second kappa shape index (κ2) is 7.63. The van der Waals surface area contributed by atoms with Crippen molar-refractivity contribution in [2.45, 2.75) is 70.2 Å². The van der Waals surface area contributed by atoms with Crippen molar-refractivity contribution in [2.75, 3.05) is 5.32 Å². The molecule has 2 N–H and O–H groups in total. The summed E-state index contributed by atoms with van der Waals surface area (Å²) in [5.41, 5.74) is 1.02. The van der Waals surface area contributed by atoms with E-state index in [9.17, 15) is 9.90 Å². The van der Waals surface area contributed by atoms with Gasteiger partial charge >= 0.3 is 5.97 Å². The number of fused-ring (bicyclic) bond motifs is 2. The molecule has 3 aromatic heterocycles. The van der Waals surface area contributed by atoms with Crippen molar-refractivity contribution < 1.29 is 19.4 Å². The molecule has 1 aliphatic heterocycles. The number of nitrogens with one attached hydrogen (secondary N) is 1. The first-order valence-corrected chi connectivity index (χ1v) is 12.0. The van der Waals surface area contributed by atoms with Gasteiger partial charge in [-0.25, -0.2) is 19.7 Å². The number of hydrogen-bond acceptors (Lipinski definition) is 8. The first-order chi connectivity index (χ1) is 16.3. The summed E-state index contributed by atoms with van der Waals surface area (Å²) in [6.45, 7) is 5.74. The molecule has 3 atom stereocenters. The molecule has 0 aromatic carbocycles. The summed E-state index contributed by atoms with van der Waals surface area (Å²) >= 11 is 0. The number of carbonyl (C=O) groups excluding carboxylic acids is 1. The SMILES string of the molecule is C[C@@H]1OC(=O)c2ccc(Nc3cc4c([C@@](C)(O)C5CC5)cnc(OC5CC5)c4cn3)nc2[C@H]1C. The van der Waals surface area contributed by atoms with Gasteiger partial charge in [0, 0.05) is 23.9 Å². The fourth-order valence-electron chi connectivity index (χ4n) is 4.64. The van der Waals surface area contributed by atoms with Crippen molar-refractivity contribution in [2.24, 2.45) is 5.92 Å². The number of ether oxygens (including phenoxy) is 2. The molecule has 3 aromatic rings. The van der Waals surface area contributed by atoms with Crippen LogP contribution in [0.25, 0.3) is 10.8 Å². The predicted octanol–water partition coefficient (Wildman–Crippen LogP) is 4.59. The van der Waals surface area contributed by atoms with Gasteiger partial charge in [-0.3, -0.25) is 0 Å². The Morgan fingerprint density at radius 1 is 1.09 bits per heavy atom. The Morgan fingerprint density at radius 3 is 2.62 bits per heavy atom. The van der Waals surface area contributed by atoms with Crippen LogP contribution in [0.15, 0.2) is 30.6 Å². The highest BCUT2D eigenvalue weighted by Gasteiger charge is 2.42. The van der Waals surface area contributed by atoms with Gasteiger partial charge in [0.25, 0.3) is 0 Å². The van der Waals surface area contributed by atoms with Gasteiger partial charge < -0.3 is 19.9 Å². The summed E-state index contributed by atoms with van der Waals surface area (Å²) in [5.74, 6) is 1.62. The third-order valence-electron chi connectivity index (χ3n) is 7.28. The Balaban J connectivity index is 1.39. The lowest BCUT2D eigenvalue weighted by Crippen LogP contribution is -2.29. The molecule has 3 aliphatic rings. The van der Waals surface area contributed by atoms with Gasteiger partial charge in [-0.2, -0.15) is 0 Å². The Morgan fingerprint density at radius 2 is 1.88 bits per heavy atom. The van der Waals surface area contributed by atoms with E-state index in [2.05, 4.69) is 15.3 Å². The fraction of sp³-hybridized carbons (Fsp3) is 0.462. The van der Waals surface area contributed by atoms with E-state index >= 15 is 0 Å². The lowest BCUT2D eigenvalue weighted by Gasteiger charge is -2.27. The highest BCUT2D eigenvalue weighted by atomic mass is 16.5. The molecule has 0 amide bonds. The fourth-order valence-corrected chi connectivity index (χ4v) is 4.64. The molecule has 2 saturated carbocycles. The molecule has 34 heavy (non-hydrogen) atoms. The lowest BCUT2D eigenvalue weighted by molar-refractivity contribution is 0.0235. The van der Waals surface area contributed by atoms with Gasteiger partial charge in [0.05, 0.1) is 22.2 Å². The maximum absolute atomic E-state index is 12.2. The number of rotatable bonds is 6. The zero-order valence-corrected chi connectivity index (χ0v) is 19.5. The van der Waals surface area contributed by atoms with Gasteiger partial charge in [0.2, 0.25) is 5.88 Å². The van der Waals surface area contributed by atoms with E-state index in [1.807, 2.05) is 26.8 Å². The predicted molar refractivity (Wildman–Crippen MR) is 126 cm³/mol. The van der Waals surface area contributed by atoms with Crippen LogP contribution in [0.5, 0.6) is 5.88 Å². The lowest BCUT2D eigenvalue weighted by atomic mass is 9.89. The van der Waals surface area contributed by atoms with E-state index < -0.39 is 5.60 Å². The summed E-state index contributed by atoms with van der Waals surface area (Å²) in [6.07, 6.45) is 7.54. The maximum Gasteiger partial charge on any atom is 0.340 e. The van der Waals surface area contributed by atoms with Crippen molar-refractivity contribution in [1.82, 2.24) is 15.0 Å². The molecule has 0 unspecified atom stereocenters. The number of aliphatic hydroxyl groups is 1. The highest BCUT2D eigenvalue weighted by Crippen LogP contribution is 2.48. The summed E-state index contributed by atoms with van der Waals surface area (Å²) in [4.78, 5) is 26.1. The van der Waals surface area contributed by atoms with E-state index in [-0.39, 0.29) is 30.0 Å². The van der Waals surface area contributed by atoms with E-state index in [1.54, 1.807) is 24.5 Å². The molecule has 0 radical (unpaired) electrons. The van der Waals surface area contributed by atoms with Crippen molar-refractivity contribution in [3.63, 3.8) is 0 Å². The minimum absolute atomic E-state index is 0.00698. The summed E-state index contributed by atoms with van der Waals surface area (Å²) in [5, 5.41) is 16.3. The van der Waals surface area contributed by atoms with Crippen LogP contribution in [0.1, 0.15) is 74.0 Å². The Kier molecular flexibility index (Phi) is 4.78. The molecule has 4 heterocycles. The quantitative estimate of drug-likeness (QED) is 0.515. The van der Waals surface area contributed by atoms with Crippen molar-refractivity contribution in [3.8, 4) is 5.88 Å². The Labute approximate surface area is 197 Å². The largest absolute Gasteiger partial charge is 0.474 e. The van der Waals surface area contributed by atoms with E-state index in [4.69, 9.17) is 14.5 Å². The van der Waals surface area contributed by atoms with Gasteiger partial charge in [-0.1, -0.05) is 6.92 Å². The van der Waals surface area contributed by atoms with Crippen LogP contribution < -0.4 is 10.1 Å². The number of carbonyl (C=O) groups is 1. The third-order valence-corrected chi connectivity index (χ3v) is 7.28. The van der Waals surface area contributed by atoms with Crippen molar-refractivity contribution in [3.05, 3.63) is 47.4 Å². The average molecular weight is 461 g/mol. The summed E-state index contributed by atoms with van der Waals surface area (Å²) < 4.78 is 11.4. The number of hydrogen-bond donors (Lipinski definition) is 2. The van der Waals surface area contributed by atoms with Crippen LogP contribution in [0.2, 0.25) is 0 Å². The van der Waals surface area contributed by atoms with E-state index in [0.717, 1.165) is 47.7 Å². The van der Waals surface area contributed by atoms with Crippen LogP contribution in [0.3, 0.4) is 0 Å². The number of anilines is 2. The number of pyridine rings is 3. The molecule has 0 saturated heterocycles. The van der Waals surface area contributed by atoms with Crippen LogP contribution in [0, 0.1) is 5.92 Å². The molecule has 8 nitrogen and oxygen atoms in total. The molecule has 2 aliphatic carbocycles. The minimum atomic E-state index is -0.974. The molecule has 6 rings (SSSR count). The number of esters is 1. The molecule has 0 bridgehead atoms. The van der Waals surface area contributed by atoms with Crippen molar-refractivity contribution in [1.29, 1.82) is 0 Å². The minimum Gasteiger partial charge on any atom is -0.474 e. The molecular formula is C26H28N4O4. The van der Waals surface area contributed by atoms with Gasteiger partial charge in [-0.05, 0) is 69.0 Å². The Bertz CT molecular complexity index is 1300. The Hall–Kier alpha value is -3.26. The molecule has 0 spiro atoms. The average Bonchev–Trinajstić information content (AvgIpc) is 3.71. The second-order valence-electron chi connectivity index (χ2n) is 9.98. The molecular weight excluding hydrogens is 432 g/mol. The van der Waals surface area contributed by atoms with Crippen LogP contribution >= 0.6 is 0 Å². The van der Waals surface area contributed by atoms with Gasteiger partial charge in [0.15, 0.2) is 0 Å². The highest BCUT2D eigenvalue weighted by molar-refractivity contribution is 5.93. The summed E-state index contributed by atoms with van der Waals surface area (Å²) in [7, 11) is 0. The normalized spacial score (nSPS) is 23.7. The molecule has 2 fully saturated rings. The first-order valence-electron chi connectivity index (χ1n) is 12.0. The topological polar surface area (TPSA) is 106 Å². The monoisotopic (exact) mass is 460 g/mol. The maximum atomic E-state index is 12.2. The smallest absolute Gasteiger partial charge is 0.340 e. The van der Waals surface area contributed by atoms with Crippen molar-refractivity contribution >= 4 is 28.4 Å². The molecule has 8 heteroatoms. The van der Waals surface area contributed by atoms with Gasteiger partial charge in [-0.15, -0.1) is 0 Å². The van der Waals surface area contributed by atoms with Crippen LogP contribution in [-0.4, -0.2) is 38.2 Å². The number of aromatic nitrogens is 3. The zero-order chi connectivity index (χ0) is 23.6. The first kappa shape index (κ1) is 21.3.